The first-order valence-corrected chi connectivity index (χ1v) is 7.19. The van der Waals surface area contributed by atoms with Crippen molar-refractivity contribution in [1.29, 1.82) is 5.26 Å². The third-order valence-corrected chi connectivity index (χ3v) is 3.19. The molecule has 120 valence electrons. The Labute approximate surface area is 139 Å². The van der Waals surface area contributed by atoms with E-state index in [0.29, 0.717) is 22.5 Å². The first-order valence-electron chi connectivity index (χ1n) is 7.19. The molecular weight excluding hydrogens is 306 g/mol. The highest BCUT2D eigenvalue weighted by Crippen LogP contribution is 2.12. The number of carbonyl (C=O) groups excluding carboxylic acids is 3. The number of amides is 2. The summed E-state index contributed by atoms with van der Waals surface area (Å²) in [6.45, 7) is 1.46. The molecule has 0 spiro atoms. The lowest BCUT2D eigenvalue weighted by Gasteiger charge is -2.07. The van der Waals surface area contributed by atoms with Crippen LogP contribution in [0.3, 0.4) is 0 Å². The number of rotatable bonds is 5. The fraction of sp³-hybridized carbons (Fsp3) is 0.111. The zero-order chi connectivity index (χ0) is 17.5. The topological polar surface area (TPSA) is 99.1 Å². The SMILES string of the molecule is CC(=O)c1ccc(NC(=O)CC(=O)Nc2ccc(C#N)cc2)cc1. The molecule has 2 aromatic carbocycles. The zero-order valence-electron chi connectivity index (χ0n) is 13.0. The van der Waals surface area contributed by atoms with Gasteiger partial charge < -0.3 is 10.6 Å². The molecule has 0 heterocycles. The van der Waals surface area contributed by atoms with Crippen molar-refractivity contribution in [3.05, 3.63) is 59.7 Å². The molecule has 0 aliphatic rings. The smallest absolute Gasteiger partial charge is 0.233 e. The van der Waals surface area contributed by atoms with E-state index in [1.54, 1.807) is 48.5 Å². The minimum atomic E-state index is -0.461. The molecule has 0 aromatic heterocycles. The summed E-state index contributed by atoms with van der Waals surface area (Å²) in [6, 6.07) is 14.7. The Morgan fingerprint density at radius 1 is 0.875 bits per heavy atom. The van der Waals surface area contributed by atoms with Crippen molar-refractivity contribution in [2.75, 3.05) is 10.6 Å². The third-order valence-electron chi connectivity index (χ3n) is 3.19. The number of Topliss-reactive ketones (excluding diaryl/α,β-unsaturated/α-hetero) is 1. The van der Waals surface area contributed by atoms with E-state index in [-0.39, 0.29) is 12.2 Å². The summed E-state index contributed by atoms with van der Waals surface area (Å²) in [5, 5.41) is 13.9. The lowest BCUT2D eigenvalue weighted by atomic mass is 10.1. The van der Waals surface area contributed by atoms with Crippen LogP contribution in [0.25, 0.3) is 0 Å². The normalized spacial score (nSPS) is 9.67. The maximum Gasteiger partial charge on any atom is 0.233 e. The molecule has 0 aliphatic carbocycles. The molecule has 0 bridgehead atoms. The second-order valence-corrected chi connectivity index (χ2v) is 5.10. The number of nitrogens with zero attached hydrogens (tertiary/aromatic N) is 1. The van der Waals surface area contributed by atoms with Crippen LogP contribution < -0.4 is 10.6 Å². The number of ketones is 1. The minimum absolute atomic E-state index is 0.0605. The quantitative estimate of drug-likeness (QED) is 0.653. The molecule has 6 heteroatoms. The molecule has 0 unspecified atom stereocenters. The zero-order valence-corrected chi connectivity index (χ0v) is 13.0. The lowest BCUT2D eigenvalue weighted by molar-refractivity contribution is -0.123. The van der Waals surface area contributed by atoms with Crippen LogP contribution in [0.5, 0.6) is 0 Å². The van der Waals surface area contributed by atoms with Crippen molar-refractivity contribution >= 4 is 29.0 Å². The van der Waals surface area contributed by atoms with Crippen LogP contribution in [0.2, 0.25) is 0 Å². The van der Waals surface area contributed by atoms with Crippen molar-refractivity contribution in [1.82, 2.24) is 0 Å². The van der Waals surface area contributed by atoms with Gasteiger partial charge in [-0.1, -0.05) is 0 Å². The summed E-state index contributed by atoms with van der Waals surface area (Å²) >= 11 is 0. The summed E-state index contributed by atoms with van der Waals surface area (Å²) in [7, 11) is 0. The Hall–Kier alpha value is -3.46. The summed E-state index contributed by atoms with van der Waals surface area (Å²) in [5.41, 5.74) is 2.06. The number of anilines is 2. The van der Waals surface area contributed by atoms with Gasteiger partial charge in [-0.15, -0.1) is 0 Å². The average Bonchev–Trinajstić information content (AvgIpc) is 2.55. The molecule has 0 saturated carbocycles. The largest absolute Gasteiger partial charge is 0.326 e. The predicted octanol–water partition coefficient (Wildman–Crippen LogP) is 2.73. The molecule has 0 aliphatic heterocycles. The first kappa shape index (κ1) is 16.9. The van der Waals surface area contributed by atoms with Gasteiger partial charge in [0.05, 0.1) is 11.6 Å². The van der Waals surface area contributed by atoms with E-state index in [9.17, 15) is 14.4 Å². The Morgan fingerprint density at radius 2 is 1.33 bits per heavy atom. The van der Waals surface area contributed by atoms with Gasteiger partial charge >= 0.3 is 0 Å². The van der Waals surface area contributed by atoms with Crippen molar-refractivity contribution in [2.24, 2.45) is 0 Å². The van der Waals surface area contributed by atoms with E-state index >= 15 is 0 Å². The molecule has 0 atom stereocenters. The number of benzene rings is 2. The van der Waals surface area contributed by atoms with Crippen LogP contribution in [0.1, 0.15) is 29.3 Å². The highest BCUT2D eigenvalue weighted by atomic mass is 16.2. The van der Waals surface area contributed by atoms with Crippen molar-refractivity contribution in [3.8, 4) is 6.07 Å². The van der Waals surface area contributed by atoms with Crippen LogP contribution in [-0.2, 0) is 9.59 Å². The van der Waals surface area contributed by atoms with Gasteiger partial charge in [0.15, 0.2) is 5.78 Å². The highest BCUT2D eigenvalue weighted by Gasteiger charge is 2.10. The minimum Gasteiger partial charge on any atom is -0.326 e. The van der Waals surface area contributed by atoms with Gasteiger partial charge in [-0.05, 0) is 55.5 Å². The average molecular weight is 321 g/mol. The van der Waals surface area contributed by atoms with E-state index in [4.69, 9.17) is 5.26 Å². The van der Waals surface area contributed by atoms with Gasteiger partial charge in [0, 0.05) is 16.9 Å². The summed E-state index contributed by atoms with van der Waals surface area (Å²) in [5.74, 6) is -0.982. The molecule has 0 radical (unpaired) electrons. The Bertz CT molecular complexity index is 803. The second-order valence-electron chi connectivity index (χ2n) is 5.10. The van der Waals surface area contributed by atoms with Gasteiger partial charge in [0.25, 0.3) is 0 Å². The van der Waals surface area contributed by atoms with Crippen LogP contribution >= 0.6 is 0 Å². The number of nitriles is 1. The molecule has 2 amide bonds. The van der Waals surface area contributed by atoms with E-state index in [1.807, 2.05) is 6.07 Å². The van der Waals surface area contributed by atoms with Gasteiger partial charge in [-0.3, -0.25) is 14.4 Å². The molecule has 2 N–H and O–H groups in total. The van der Waals surface area contributed by atoms with Crippen LogP contribution in [0.4, 0.5) is 11.4 Å². The van der Waals surface area contributed by atoms with Gasteiger partial charge in [-0.25, -0.2) is 0 Å². The fourth-order valence-corrected chi connectivity index (χ4v) is 1.97. The van der Waals surface area contributed by atoms with Crippen LogP contribution in [0, 0.1) is 11.3 Å². The monoisotopic (exact) mass is 321 g/mol. The number of hydrogen-bond acceptors (Lipinski definition) is 4. The summed E-state index contributed by atoms with van der Waals surface area (Å²) in [4.78, 5) is 34.9. The predicted molar refractivity (Wildman–Crippen MR) is 89.5 cm³/mol. The van der Waals surface area contributed by atoms with Crippen molar-refractivity contribution in [3.63, 3.8) is 0 Å². The summed E-state index contributed by atoms with van der Waals surface area (Å²) in [6.07, 6.45) is -0.339. The number of nitrogens with one attached hydrogen (secondary N) is 2. The lowest BCUT2D eigenvalue weighted by Crippen LogP contribution is -2.21. The highest BCUT2D eigenvalue weighted by molar-refractivity contribution is 6.08. The molecule has 2 aromatic rings. The van der Waals surface area contributed by atoms with Gasteiger partial charge in [-0.2, -0.15) is 5.26 Å². The van der Waals surface area contributed by atoms with E-state index < -0.39 is 11.8 Å². The van der Waals surface area contributed by atoms with Gasteiger partial charge in [0.2, 0.25) is 11.8 Å². The van der Waals surface area contributed by atoms with E-state index in [0.717, 1.165) is 0 Å². The second kappa shape index (κ2) is 7.70. The Morgan fingerprint density at radius 3 is 1.75 bits per heavy atom. The fourth-order valence-electron chi connectivity index (χ4n) is 1.97. The van der Waals surface area contributed by atoms with Crippen LogP contribution in [0.15, 0.2) is 48.5 Å². The molecule has 6 nitrogen and oxygen atoms in total. The van der Waals surface area contributed by atoms with E-state index in [2.05, 4.69) is 10.6 Å². The van der Waals surface area contributed by atoms with E-state index in [1.165, 1.54) is 6.92 Å². The Balaban J connectivity index is 1.88. The van der Waals surface area contributed by atoms with Crippen molar-refractivity contribution in [2.45, 2.75) is 13.3 Å². The maximum atomic E-state index is 11.9. The van der Waals surface area contributed by atoms with Crippen LogP contribution in [-0.4, -0.2) is 17.6 Å². The third kappa shape index (κ3) is 4.78. The molecular formula is C18H15N3O3. The van der Waals surface area contributed by atoms with Gasteiger partial charge in [0.1, 0.15) is 6.42 Å². The molecule has 0 fully saturated rings. The maximum absolute atomic E-state index is 11.9. The number of carbonyl (C=O) groups is 3. The molecule has 0 saturated heterocycles. The molecule has 24 heavy (non-hydrogen) atoms. The standard InChI is InChI=1S/C18H15N3O3/c1-12(22)14-4-8-16(9-5-14)21-18(24)10-17(23)20-15-6-2-13(11-19)3-7-15/h2-9H,10H2,1H3,(H,20,23)(H,21,24). The molecule has 2 rings (SSSR count). The Kier molecular flexibility index (Phi) is 5.42. The first-order chi connectivity index (χ1) is 11.5. The number of hydrogen-bond donors (Lipinski definition) is 2. The summed E-state index contributed by atoms with van der Waals surface area (Å²) < 4.78 is 0. The van der Waals surface area contributed by atoms with Crippen molar-refractivity contribution < 1.29 is 14.4 Å².